The summed E-state index contributed by atoms with van der Waals surface area (Å²) >= 11 is 6.43. The lowest BCUT2D eigenvalue weighted by atomic mass is 9.85. The molecule has 0 bridgehead atoms. The minimum atomic E-state index is -1.15. The van der Waals surface area contributed by atoms with E-state index >= 15 is 0 Å². The normalized spacial score (nSPS) is 21.9. The van der Waals surface area contributed by atoms with Crippen LogP contribution in [-0.2, 0) is 25.5 Å². The summed E-state index contributed by atoms with van der Waals surface area (Å²) in [5.74, 6) is -2.38. The van der Waals surface area contributed by atoms with Gasteiger partial charge in [-0.15, -0.1) is 0 Å². The predicted octanol–water partition coefficient (Wildman–Crippen LogP) is 4.32. The van der Waals surface area contributed by atoms with Gasteiger partial charge < -0.3 is 9.47 Å². The predicted molar refractivity (Wildman–Crippen MR) is 132 cm³/mol. The summed E-state index contributed by atoms with van der Waals surface area (Å²) in [6.07, 6.45) is 1.66. The molecule has 4 amide bonds. The highest BCUT2D eigenvalue weighted by Gasteiger charge is 2.48. The van der Waals surface area contributed by atoms with Crippen LogP contribution in [0.3, 0.4) is 0 Å². The molecule has 2 heterocycles. The Kier molecular flexibility index (Phi) is 6.57. The summed E-state index contributed by atoms with van der Waals surface area (Å²) in [7, 11) is 0. The maximum absolute atomic E-state index is 13.8. The summed E-state index contributed by atoms with van der Waals surface area (Å²) < 4.78 is 10.2. The van der Waals surface area contributed by atoms with E-state index in [0.717, 1.165) is 24.0 Å². The number of halogens is 1. The Balaban J connectivity index is 1.51. The van der Waals surface area contributed by atoms with Gasteiger partial charge in [0, 0.05) is 16.4 Å². The fourth-order valence-corrected chi connectivity index (χ4v) is 5.42. The number of ether oxygens (including phenoxy) is 2. The van der Waals surface area contributed by atoms with Crippen molar-refractivity contribution in [3.05, 3.63) is 58.6 Å². The Labute approximate surface area is 213 Å². The molecular formula is C26H26ClN3O6. The van der Waals surface area contributed by atoms with Gasteiger partial charge in [0.2, 0.25) is 5.91 Å². The highest BCUT2D eigenvalue weighted by Crippen LogP contribution is 2.40. The van der Waals surface area contributed by atoms with Crippen molar-refractivity contribution < 1.29 is 28.7 Å². The number of hydrogen-bond donors (Lipinski definition) is 0. The van der Waals surface area contributed by atoms with Gasteiger partial charge in [-0.3, -0.25) is 24.3 Å². The van der Waals surface area contributed by atoms with E-state index in [2.05, 4.69) is 0 Å². The fourth-order valence-electron chi connectivity index (χ4n) is 5.14. The second-order valence-corrected chi connectivity index (χ2v) is 9.31. The van der Waals surface area contributed by atoms with E-state index in [0.29, 0.717) is 36.0 Å². The first-order valence-corrected chi connectivity index (χ1v) is 12.4. The van der Waals surface area contributed by atoms with Crippen LogP contribution in [0.25, 0.3) is 0 Å². The third-order valence-electron chi connectivity index (χ3n) is 6.87. The zero-order chi connectivity index (χ0) is 25.4. The summed E-state index contributed by atoms with van der Waals surface area (Å²) in [4.78, 5) is 56.2. The maximum Gasteiger partial charge on any atom is 0.414 e. The molecular weight excluding hydrogens is 486 g/mol. The number of nitrogens with zero attached hydrogens (tertiary/aromatic N) is 3. The molecule has 0 saturated carbocycles. The molecule has 0 aromatic heterocycles. The van der Waals surface area contributed by atoms with E-state index in [9.17, 15) is 19.2 Å². The molecule has 2 aromatic carbocycles. The first kappa shape index (κ1) is 24.1. The van der Waals surface area contributed by atoms with Crippen LogP contribution < -0.4 is 9.80 Å². The average Bonchev–Trinajstić information content (AvgIpc) is 3.31. The molecule has 188 valence electrons. The van der Waals surface area contributed by atoms with E-state index in [4.69, 9.17) is 21.1 Å². The third-order valence-corrected chi connectivity index (χ3v) is 7.23. The van der Waals surface area contributed by atoms with Crippen molar-refractivity contribution in [2.45, 2.75) is 32.2 Å². The smallest absolute Gasteiger partial charge is 0.414 e. The summed E-state index contributed by atoms with van der Waals surface area (Å²) in [5, 5.41) is 0.601. The first-order chi connectivity index (χ1) is 17.4. The van der Waals surface area contributed by atoms with Crippen molar-refractivity contribution in [1.29, 1.82) is 0 Å². The number of amides is 4. The van der Waals surface area contributed by atoms with E-state index in [1.165, 1.54) is 14.7 Å². The minimum absolute atomic E-state index is 0.124. The number of carbonyl (C=O) groups excluding carboxylic acids is 4. The van der Waals surface area contributed by atoms with E-state index in [1.807, 2.05) is 6.07 Å². The molecule has 10 heteroatoms. The van der Waals surface area contributed by atoms with Gasteiger partial charge >= 0.3 is 18.1 Å². The standard InChI is InChI=1S/C26H26ClN3O6/c1-2-35-24(32)20-15-29(17-11-9-16(10-12-17)28-13-14-36-26(28)34)25(33)30(23(20)31)22-8-4-5-18-19(22)6-3-7-21(18)27/h3,6-7,9-12,20,22H,2,4-5,8,13-15H2,1H3. The second-order valence-electron chi connectivity index (χ2n) is 8.90. The number of anilines is 2. The van der Waals surface area contributed by atoms with Gasteiger partial charge in [-0.2, -0.15) is 0 Å². The van der Waals surface area contributed by atoms with Crippen molar-refractivity contribution in [2.75, 3.05) is 36.1 Å². The van der Waals surface area contributed by atoms with Crippen LogP contribution in [0.5, 0.6) is 0 Å². The fraction of sp³-hybridized carbons (Fsp3) is 0.385. The molecule has 2 unspecified atom stereocenters. The summed E-state index contributed by atoms with van der Waals surface area (Å²) in [6.45, 7) is 2.42. The SMILES string of the molecule is CCOC(=O)C1CN(c2ccc(N3CCOC3=O)cc2)C(=O)N(C2CCCc3c(Cl)cccc32)C1=O. The molecule has 9 nitrogen and oxygen atoms in total. The molecule has 1 aliphatic carbocycles. The van der Waals surface area contributed by atoms with Crippen LogP contribution in [0.4, 0.5) is 21.0 Å². The molecule has 5 rings (SSSR count). The lowest BCUT2D eigenvalue weighted by Gasteiger charge is -2.43. The Hall–Kier alpha value is -3.59. The summed E-state index contributed by atoms with van der Waals surface area (Å²) in [5.41, 5.74) is 2.88. The van der Waals surface area contributed by atoms with Crippen LogP contribution in [0.15, 0.2) is 42.5 Å². The Morgan fingerprint density at radius 2 is 1.81 bits per heavy atom. The van der Waals surface area contributed by atoms with E-state index < -0.39 is 36.0 Å². The number of urea groups is 1. The van der Waals surface area contributed by atoms with Gasteiger partial charge in [-0.25, -0.2) is 9.59 Å². The van der Waals surface area contributed by atoms with Gasteiger partial charge in [0.15, 0.2) is 5.92 Å². The number of esters is 1. The molecule has 2 aliphatic heterocycles. The monoisotopic (exact) mass is 511 g/mol. The Morgan fingerprint density at radius 3 is 2.47 bits per heavy atom. The van der Waals surface area contributed by atoms with Crippen LogP contribution in [0.1, 0.15) is 36.9 Å². The van der Waals surface area contributed by atoms with Crippen LogP contribution in [0, 0.1) is 5.92 Å². The van der Waals surface area contributed by atoms with Crippen LogP contribution >= 0.6 is 11.6 Å². The molecule has 36 heavy (non-hydrogen) atoms. The number of hydrogen-bond acceptors (Lipinski definition) is 6. The number of cyclic esters (lactones) is 1. The van der Waals surface area contributed by atoms with Crippen molar-refractivity contribution >= 4 is 47.0 Å². The summed E-state index contributed by atoms with van der Waals surface area (Å²) in [6, 6.07) is 11.3. The molecule has 0 N–H and O–H groups in total. The van der Waals surface area contributed by atoms with Crippen molar-refractivity contribution in [2.24, 2.45) is 5.92 Å². The van der Waals surface area contributed by atoms with Crippen molar-refractivity contribution in [1.82, 2.24) is 4.90 Å². The number of fused-ring (bicyclic) bond motifs is 1. The molecule has 0 radical (unpaired) electrons. The molecule has 2 aromatic rings. The molecule has 3 aliphatic rings. The topological polar surface area (TPSA) is 96.5 Å². The number of imide groups is 1. The van der Waals surface area contributed by atoms with Gasteiger partial charge in [0.25, 0.3) is 0 Å². The van der Waals surface area contributed by atoms with E-state index in [1.54, 1.807) is 43.3 Å². The minimum Gasteiger partial charge on any atom is -0.465 e. The highest BCUT2D eigenvalue weighted by molar-refractivity contribution is 6.31. The zero-order valence-electron chi connectivity index (χ0n) is 19.8. The Morgan fingerprint density at radius 1 is 1.08 bits per heavy atom. The highest BCUT2D eigenvalue weighted by atomic mass is 35.5. The first-order valence-electron chi connectivity index (χ1n) is 12.0. The van der Waals surface area contributed by atoms with Crippen LogP contribution in [0.2, 0.25) is 5.02 Å². The van der Waals surface area contributed by atoms with Crippen molar-refractivity contribution in [3.8, 4) is 0 Å². The van der Waals surface area contributed by atoms with Crippen molar-refractivity contribution in [3.63, 3.8) is 0 Å². The number of carbonyl (C=O) groups is 4. The quantitative estimate of drug-likeness (QED) is 0.438. The molecule has 2 saturated heterocycles. The maximum atomic E-state index is 13.8. The number of rotatable bonds is 5. The average molecular weight is 512 g/mol. The largest absolute Gasteiger partial charge is 0.465 e. The van der Waals surface area contributed by atoms with Gasteiger partial charge in [0.1, 0.15) is 6.61 Å². The lowest BCUT2D eigenvalue weighted by molar-refractivity contribution is -0.155. The number of benzene rings is 2. The molecule has 2 fully saturated rings. The van der Waals surface area contributed by atoms with Gasteiger partial charge in [-0.05, 0) is 67.6 Å². The zero-order valence-corrected chi connectivity index (χ0v) is 20.6. The third kappa shape index (κ3) is 4.17. The Bertz CT molecular complexity index is 1220. The lowest BCUT2D eigenvalue weighted by Crippen LogP contribution is -2.60. The van der Waals surface area contributed by atoms with E-state index in [-0.39, 0.29) is 13.2 Å². The molecule has 2 atom stereocenters. The second kappa shape index (κ2) is 9.81. The molecule has 0 spiro atoms. The van der Waals surface area contributed by atoms with Crippen LogP contribution in [-0.4, -0.2) is 55.2 Å². The van der Waals surface area contributed by atoms with Gasteiger partial charge in [0.05, 0.1) is 25.7 Å². The van der Waals surface area contributed by atoms with Gasteiger partial charge in [-0.1, -0.05) is 23.7 Å².